The first-order chi connectivity index (χ1) is 18.7. The van der Waals surface area contributed by atoms with E-state index in [1.54, 1.807) is 24.5 Å². The highest BCUT2D eigenvalue weighted by molar-refractivity contribution is 7.16. The molecule has 0 bridgehead atoms. The minimum Gasteiger partial charge on any atom is -0.398 e. The van der Waals surface area contributed by atoms with E-state index in [1.807, 2.05) is 12.1 Å². The van der Waals surface area contributed by atoms with Crippen LogP contribution < -0.4 is 16.8 Å². The molecule has 1 aliphatic rings. The van der Waals surface area contributed by atoms with E-state index < -0.39 is 17.2 Å². The van der Waals surface area contributed by atoms with Gasteiger partial charge in [0.1, 0.15) is 17.7 Å². The molecular formula is C30H33F2N5OS. The Morgan fingerprint density at radius 1 is 1.21 bits per heavy atom. The van der Waals surface area contributed by atoms with Crippen molar-refractivity contribution in [1.82, 2.24) is 5.32 Å². The van der Waals surface area contributed by atoms with Crippen LogP contribution in [0.15, 0.2) is 54.2 Å². The average Bonchev–Trinajstić information content (AvgIpc) is 3.30. The number of rotatable bonds is 12. The summed E-state index contributed by atoms with van der Waals surface area (Å²) in [6.45, 7) is 4.68. The second-order valence-corrected chi connectivity index (χ2v) is 11.2. The molecule has 3 aromatic rings. The first kappa shape index (κ1) is 28.4. The fraction of sp³-hybridized carbons (Fsp3) is 0.333. The molecule has 0 radical (unpaired) electrons. The molecule has 2 aromatic carbocycles. The van der Waals surface area contributed by atoms with Crippen molar-refractivity contribution >= 4 is 23.2 Å². The molecule has 6 nitrogen and oxygen atoms in total. The number of aliphatic imine (C=N–C) groups is 1. The summed E-state index contributed by atoms with van der Waals surface area (Å²) in [5, 5.41) is 22.6. The third kappa shape index (κ3) is 6.90. The lowest BCUT2D eigenvalue weighted by atomic mass is 9.80. The van der Waals surface area contributed by atoms with Crippen molar-refractivity contribution in [3.05, 3.63) is 76.8 Å². The summed E-state index contributed by atoms with van der Waals surface area (Å²) >= 11 is 1.40. The average molecular weight is 550 g/mol. The molecule has 1 unspecified atom stereocenters. The van der Waals surface area contributed by atoms with Gasteiger partial charge >= 0.3 is 0 Å². The molecule has 6 N–H and O–H groups in total. The zero-order chi connectivity index (χ0) is 28.0. The summed E-state index contributed by atoms with van der Waals surface area (Å²) in [6, 6.07) is 10.9. The predicted octanol–water partition coefficient (Wildman–Crippen LogP) is 5.53. The highest BCUT2D eigenvalue weighted by atomic mass is 32.1. The van der Waals surface area contributed by atoms with Crippen molar-refractivity contribution in [1.29, 1.82) is 5.26 Å². The molecule has 0 saturated heterocycles. The van der Waals surface area contributed by atoms with Gasteiger partial charge in [-0.15, -0.1) is 11.3 Å². The Morgan fingerprint density at radius 2 is 2.00 bits per heavy atom. The Bertz CT molecular complexity index is 1410. The maximum atomic E-state index is 15.4. The van der Waals surface area contributed by atoms with Crippen LogP contribution in [-0.4, -0.2) is 36.1 Å². The number of halogens is 2. The van der Waals surface area contributed by atoms with Crippen molar-refractivity contribution < 1.29 is 13.9 Å². The van der Waals surface area contributed by atoms with E-state index in [1.165, 1.54) is 29.5 Å². The van der Waals surface area contributed by atoms with E-state index in [2.05, 4.69) is 16.9 Å². The molecular weight excluding hydrogens is 516 g/mol. The van der Waals surface area contributed by atoms with Gasteiger partial charge in [0, 0.05) is 50.9 Å². The summed E-state index contributed by atoms with van der Waals surface area (Å²) in [7, 11) is 0. The fourth-order valence-electron chi connectivity index (χ4n) is 4.61. The third-order valence-corrected chi connectivity index (χ3v) is 8.20. The van der Waals surface area contributed by atoms with Crippen LogP contribution in [0.4, 0.5) is 14.5 Å². The summed E-state index contributed by atoms with van der Waals surface area (Å²) in [5.41, 5.74) is 13.9. The summed E-state index contributed by atoms with van der Waals surface area (Å²) in [5.74, 6) is -1.15. The first-order valence-corrected chi connectivity index (χ1v) is 13.8. The number of nitrogens with one attached hydrogen (secondary N) is 1. The first-order valence-electron chi connectivity index (χ1n) is 13.0. The Morgan fingerprint density at radius 3 is 2.67 bits per heavy atom. The summed E-state index contributed by atoms with van der Waals surface area (Å²) in [4.78, 5) is 5.92. The Hall–Kier alpha value is -3.58. The predicted molar refractivity (Wildman–Crippen MR) is 155 cm³/mol. The molecule has 1 aliphatic carbocycles. The number of nitrogens with two attached hydrogens (primary N) is 2. The molecule has 1 atom stereocenters. The molecule has 0 amide bonds. The summed E-state index contributed by atoms with van der Waals surface area (Å²) in [6.07, 6.45) is 7.86. The molecule has 0 spiro atoms. The van der Waals surface area contributed by atoms with Gasteiger partial charge in [0.25, 0.3) is 0 Å². The number of anilines is 1. The molecule has 4 rings (SSSR count). The van der Waals surface area contributed by atoms with Crippen LogP contribution in [0.5, 0.6) is 0 Å². The van der Waals surface area contributed by atoms with Gasteiger partial charge in [0.05, 0.1) is 17.7 Å². The van der Waals surface area contributed by atoms with E-state index in [-0.39, 0.29) is 23.8 Å². The van der Waals surface area contributed by atoms with Crippen molar-refractivity contribution in [3.8, 4) is 27.6 Å². The van der Waals surface area contributed by atoms with Crippen LogP contribution >= 0.6 is 11.3 Å². The molecule has 1 aromatic heterocycles. The van der Waals surface area contributed by atoms with Crippen LogP contribution in [0.3, 0.4) is 0 Å². The Kier molecular flexibility index (Phi) is 9.12. The number of hydrogen-bond acceptors (Lipinski definition) is 7. The summed E-state index contributed by atoms with van der Waals surface area (Å²) < 4.78 is 30.0. The molecule has 1 saturated carbocycles. The molecule has 0 aliphatic heterocycles. The lowest BCUT2D eigenvalue weighted by molar-refractivity contribution is -0.0234. The standard InChI is InChI=1S/C30H33F2N5OS/c1-2-36-10-3-5-22(34)13-23-14-24(19-6-7-20(16-33)26(31)12-19)29(39-23)25-11-21(28(35)15-27(25)32)17-37-18-30(38)8-4-9-30/h2,6-7,11-12,14-15,17,22,36,38H,1,3-5,8-10,13,18,34-35H2. The highest BCUT2D eigenvalue weighted by Gasteiger charge is 2.33. The number of benzene rings is 2. The molecule has 204 valence electrons. The number of thiophene rings is 1. The SMILES string of the molecule is C=CNCCCC(N)Cc1cc(-c2ccc(C#N)c(F)c2)c(-c2cc(C=NCC3(O)CCC3)c(N)cc2F)s1. The fourth-order valence-corrected chi connectivity index (χ4v) is 5.90. The largest absolute Gasteiger partial charge is 0.398 e. The highest BCUT2D eigenvalue weighted by Crippen LogP contribution is 2.42. The molecule has 1 fully saturated rings. The van der Waals surface area contributed by atoms with Gasteiger partial charge in [0.15, 0.2) is 0 Å². The van der Waals surface area contributed by atoms with E-state index in [4.69, 9.17) is 16.7 Å². The minimum atomic E-state index is -0.774. The van der Waals surface area contributed by atoms with Gasteiger partial charge in [-0.2, -0.15) is 5.26 Å². The van der Waals surface area contributed by atoms with Crippen LogP contribution in [0.2, 0.25) is 0 Å². The van der Waals surface area contributed by atoms with Crippen molar-refractivity contribution in [2.45, 2.75) is 50.2 Å². The monoisotopic (exact) mass is 549 g/mol. The van der Waals surface area contributed by atoms with E-state index in [0.717, 1.165) is 30.7 Å². The number of nitriles is 1. The number of nitrogens with zero attached hydrogens (tertiary/aromatic N) is 2. The van der Waals surface area contributed by atoms with E-state index in [0.29, 0.717) is 46.4 Å². The van der Waals surface area contributed by atoms with Gasteiger partial charge < -0.3 is 21.9 Å². The van der Waals surface area contributed by atoms with Crippen LogP contribution in [-0.2, 0) is 6.42 Å². The van der Waals surface area contributed by atoms with Crippen LogP contribution in [0.1, 0.15) is 48.1 Å². The van der Waals surface area contributed by atoms with Gasteiger partial charge in [-0.05, 0) is 80.6 Å². The van der Waals surface area contributed by atoms with Crippen molar-refractivity contribution in [2.24, 2.45) is 10.7 Å². The number of nitrogen functional groups attached to an aromatic ring is 1. The number of aliphatic hydroxyl groups is 1. The third-order valence-electron chi connectivity index (χ3n) is 7.00. The maximum Gasteiger partial charge on any atom is 0.141 e. The van der Waals surface area contributed by atoms with Gasteiger partial charge in [-0.3, -0.25) is 4.99 Å². The molecule has 1 heterocycles. The van der Waals surface area contributed by atoms with Gasteiger partial charge in [-0.25, -0.2) is 8.78 Å². The molecule has 39 heavy (non-hydrogen) atoms. The second kappa shape index (κ2) is 12.5. The topological polar surface area (TPSA) is 120 Å². The van der Waals surface area contributed by atoms with Crippen LogP contribution in [0.25, 0.3) is 21.6 Å². The van der Waals surface area contributed by atoms with Gasteiger partial charge in [-0.1, -0.05) is 12.6 Å². The quantitative estimate of drug-likeness (QED) is 0.134. The number of hydrogen-bond donors (Lipinski definition) is 4. The zero-order valence-corrected chi connectivity index (χ0v) is 22.5. The zero-order valence-electron chi connectivity index (χ0n) is 21.7. The van der Waals surface area contributed by atoms with Crippen LogP contribution in [0, 0.1) is 23.0 Å². The van der Waals surface area contributed by atoms with Gasteiger partial charge in [0.2, 0.25) is 0 Å². The smallest absolute Gasteiger partial charge is 0.141 e. The normalized spacial score (nSPS) is 15.1. The second-order valence-electron chi connectivity index (χ2n) is 10.0. The Labute approximate surface area is 231 Å². The molecule has 9 heteroatoms. The Balaban J connectivity index is 1.70. The lowest BCUT2D eigenvalue weighted by Crippen LogP contribution is -2.39. The lowest BCUT2D eigenvalue weighted by Gasteiger charge is -2.34. The van der Waals surface area contributed by atoms with E-state index in [9.17, 15) is 9.50 Å². The minimum absolute atomic E-state index is 0.0591. The van der Waals surface area contributed by atoms with E-state index >= 15 is 4.39 Å². The maximum absolute atomic E-state index is 15.4. The van der Waals surface area contributed by atoms with Crippen molar-refractivity contribution in [2.75, 3.05) is 18.8 Å². The van der Waals surface area contributed by atoms with Crippen molar-refractivity contribution in [3.63, 3.8) is 0 Å².